The number of nitrogens with zero attached hydrogens (tertiary/aromatic N) is 2. The lowest BCUT2D eigenvalue weighted by Gasteiger charge is -2.08. The number of hydrogen-bond acceptors (Lipinski definition) is 3. The quantitative estimate of drug-likeness (QED) is 0.680. The van der Waals surface area contributed by atoms with Crippen molar-refractivity contribution in [2.45, 2.75) is 20.8 Å². The van der Waals surface area contributed by atoms with Crippen LogP contribution in [0.15, 0.2) is 47.0 Å². The second-order valence-electron chi connectivity index (χ2n) is 5.49. The van der Waals surface area contributed by atoms with Crippen LogP contribution in [0.1, 0.15) is 22.3 Å². The Morgan fingerprint density at radius 1 is 1.00 bits per heavy atom. The maximum atomic E-state index is 9.60. The van der Waals surface area contributed by atoms with Gasteiger partial charge in [-0.15, -0.1) is 0 Å². The van der Waals surface area contributed by atoms with Crippen LogP contribution >= 0.6 is 0 Å². The summed E-state index contributed by atoms with van der Waals surface area (Å²) in [6, 6.07) is 16.0. The summed E-state index contributed by atoms with van der Waals surface area (Å²) in [5, 5.41) is 13.8. The molecule has 0 amide bonds. The van der Waals surface area contributed by atoms with Crippen molar-refractivity contribution in [1.82, 2.24) is 5.16 Å². The number of aryl methyl sites for hydroxylation is 3. The van der Waals surface area contributed by atoms with E-state index < -0.39 is 0 Å². The van der Waals surface area contributed by atoms with E-state index in [-0.39, 0.29) is 0 Å². The summed E-state index contributed by atoms with van der Waals surface area (Å²) >= 11 is 0. The fourth-order valence-electron chi connectivity index (χ4n) is 2.90. The Balaban J connectivity index is 2.23. The van der Waals surface area contributed by atoms with Gasteiger partial charge in [-0.1, -0.05) is 53.2 Å². The topological polar surface area (TPSA) is 49.8 Å². The molecule has 0 aliphatic heterocycles. The van der Waals surface area contributed by atoms with Gasteiger partial charge in [0.2, 0.25) is 0 Å². The standard InChI is InChI=1S/C19H16N2O/c1-12-9-13(2)17(14(3)10-12)18-16(11-20)19(22-21-18)15-7-5-4-6-8-15/h4-10H,1-3H3. The Morgan fingerprint density at radius 2 is 1.64 bits per heavy atom. The summed E-state index contributed by atoms with van der Waals surface area (Å²) in [6.07, 6.45) is 0. The number of benzene rings is 2. The normalized spacial score (nSPS) is 10.5. The van der Waals surface area contributed by atoms with Gasteiger partial charge in [-0.05, 0) is 31.9 Å². The van der Waals surface area contributed by atoms with Crippen LogP contribution in [0.5, 0.6) is 0 Å². The molecular weight excluding hydrogens is 272 g/mol. The Morgan fingerprint density at radius 3 is 2.23 bits per heavy atom. The lowest BCUT2D eigenvalue weighted by Crippen LogP contribution is -1.92. The molecule has 108 valence electrons. The van der Waals surface area contributed by atoms with E-state index in [1.54, 1.807) is 0 Å². The van der Waals surface area contributed by atoms with Gasteiger partial charge >= 0.3 is 0 Å². The van der Waals surface area contributed by atoms with E-state index in [1.165, 1.54) is 5.56 Å². The van der Waals surface area contributed by atoms with Crippen LogP contribution in [0.25, 0.3) is 22.6 Å². The van der Waals surface area contributed by atoms with Gasteiger partial charge < -0.3 is 4.52 Å². The molecule has 0 saturated carbocycles. The highest BCUT2D eigenvalue weighted by Crippen LogP contribution is 2.35. The second-order valence-corrected chi connectivity index (χ2v) is 5.49. The molecule has 3 rings (SSSR count). The molecule has 2 aromatic carbocycles. The smallest absolute Gasteiger partial charge is 0.185 e. The van der Waals surface area contributed by atoms with Gasteiger partial charge in [0.15, 0.2) is 5.76 Å². The SMILES string of the molecule is Cc1cc(C)c(-c2noc(-c3ccccc3)c2C#N)c(C)c1. The molecule has 1 aromatic heterocycles. The highest BCUT2D eigenvalue weighted by Gasteiger charge is 2.21. The van der Waals surface area contributed by atoms with Crippen LogP contribution in [0.3, 0.4) is 0 Å². The third-order valence-corrected chi connectivity index (χ3v) is 3.75. The van der Waals surface area contributed by atoms with E-state index >= 15 is 0 Å². The van der Waals surface area contributed by atoms with Gasteiger partial charge in [-0.2, -0.15) is 5.26 Å². The predicted octanol–water partition coefficient (Wildman–Crippen LogP) is 4.81. The minimum absolute atomic E-state index is 0.487. The first-order chi connectivity index (χ1) is 10.6. The highest BCUT2D eigenvalue weighted by atomic mass is 16.5. The molecule has 3 aromatic rings. The van der Waals surface area contributed by atoms with Crippen LogP contribution in [0.2, 0.25) is 0 Å². The zero-order valence-electron chi connectivity index (χ0n) is 12.8. The molecule has 22 heavy (non-hydrogen) atoms. The minimum Gasteiger partial charge on any atom is -0.354 e. The fraction of sp³-hybridized carbons (Fsp3) is 0.158. The van der Waals surface area contributed by atoms with Crippen molar-refractivity contribution in [3.8, 4) is 28.7 Å². The molecule has 0 saturated heterocycles. The summed E-state index contributed by atoms with van der Waals surface area (Å²) < 4.78 is 5.49. The fourth-order valence-corrected chi connectivity index (χ4v) is 2.90. The van der Waals surface area contributed by atoms with Crippen LogP contribution < -0.4 is 0 Å². The first-order valence-corrected chi connectivity index (χ1v) is 7.15. The average Bonchev–Trinajstić information content (AvgIpc) is 2.90. The third kappa shape index (κ3) is 2.29. The van der Waals surface area contributed by atoms with Crippen molar-refractivity contribution < 1.29 is 4.52 Å². The van der Waals surface area contributed by atoms with E-state index in [0.717, 1.165) is 22.3 Å². The van der Waals surface area contributed by atoms with Crippen molar-refractivity contribution >= 4 is 0 Å². The van der Waals surface area contributed by atoms with Gasteiger partial charge in [0.05, 0.1) is 0 Å². The van der Waals surface area contributed by atoms with E-state index in [2.05, 4.69) is 30.3 Å². The summed E-state index contributed by atoms with van der Waals surface area (Å²) in [7, 11) is 0. The molecule has 0 atom stereocenters. The van der Waals surface area contributed by atoms with Gasteiger partial charge in [-0.25, -0.2) is 0 Å². The Labute approximate surface area is 129 Å². The molecule has 0 spiro atoms. The third-order valence-electron chi connectivity index (χ3n) is 3.75. The van der Waals surface area contributed by atoms with E-state index in [0.29, 0.717) is 17.0 Å². The molecule has 0 bridgehead atoms. The van der Waals surface area contributed by atoms with Crippen molar-refractivity contribution in [1.29, 1.82) is 5.26 Å². The van der Waals surface area contributed by atoms with E-state index in [1.807, 2.05) is 44.2 Å². The maximum absolute atomic E-state index is 9.60. The van der Waals surface area contributed by atoms with Crippen LogP contribution in [0.4, 0.5) is 0 Å². The van der Waals surface area contributed by atoms with Crippen molar-refractivity contribution in [3.05, 3.63) is 64.7 Å². The van der Waals surface area contributed by atoms with Gasteiger partial charge in [0.25, 0.3) is 0 Å². The molecule has 1 heterocycles. The Hall–Kier alpha value is -2.86. The maximum Gasteiger partial charge on any atom is 0.185 e. The van der Waals surface area contributed by atoms with Crippen LogP contribution in [-0.2, 0) is 0 Å². The molecule has 0 unspecified atom stereocenters. The number of hydrogen-bond donors (Lipinski definition) is 0. The lowest BCUT2D eigenvalue weighted by molar-refractivity contribution is 0.434. The molecule has 0 N–H and O–H groups in total. The van der Waals surface area contributed by atoms with Gasteiger partial charge in [-0.3, -0.25) is 0 Å². The monoisotopic (exact) mass is 288 g/mol. The number of nitriles is 1. The van der Waals surface area contributed by atoms with E-state index in [9.17, 15) is 5.26 Å². The number of aromatic nitrogens is 1. The summed E-state index contributed by atoms with van der Waals surface area (Å²) in [5.74, 6) is 0.525. The molecule has 3 heteroatoms. The van der Waals surface area contributed by atoms with Crippen molar-refractivity contribution in [2.75, 3.05) is 0 Å². The molecule has 0 fully saturated rings. The first kappa shape index (κ1) is 14.1. The van der Waals surface area contributed by atoms with Crippen LogP contribution in [0, 0.1) is 32.1 Å². The lowest BCUT2D eigenvalue weighted by atomic mass is 9.94. The molecule has 0 aliphatic rings. The summed E-state index contributed by atoms with van der Waals surface area (Å²) in [5.41, 5.74) is 6.35. The van der Waals surface area contributed by atoms with E-state index in [4.69, 9.17) is 4.52 Å². The van der Waals surface area contributed by atoms with Gasteiger partial charge in [0, 0.05) is 11.1 Å². The summed E-state index contributed by atoms with van der Waals surface area (Å²) in [6.45, 7) is 6.13. The molecule has 0 radical (unpaired) electrons. The molecular formula is C19H16N2O. The first-order valence-electron chi connectivity index (χ1n) is 7.15. The highest BCUT2D eigenvalue weighted by molar-refractivity contribution is 5.79. The Bertz CT molecular complexity index is 847. The second kappa shape index (κ2) is 5.50. The number of rotatable bonds is 2. The van der Waals surface area contributed by atoms with Gasteiger partial charge in [0.1, 0.15) is 17.3 Å². The van der Waals surface area contributed by atoms with Crippen LogP contribution in [-0.4, -0.2) is 5.16 Å². The largest absolute Gasteiger partial charge is 0.354 e. The van der Waals surface area contributed by atoms with Crippen molar-refractivity contribution in [2.24, 2.45) is 0 Å². The predicted molar refractivity (Wildman–Crippen MR) is 86.3 cm³/mol. The molecule has 0 aliphatic carbocycles. The molecule has 3 nitrogen and oxygen atoms in total. The average molecular weight is 288 g/mol. The van der Waals surface area contributed by atoms with Crippen molar-refractivity contribution in [3.63, 3.8) is 0 Å². The zero-order valence-corrected chi connectivity index (χ0v) is 12.8. The zero-order chi connectivity index (χ0) is 15.7. The summed E-state index contributed by atoms with van der Waals surface area (Å²) in [4.78, 5) is 0. The Kier molecular flexibility index (Phi) is 3.52. The minimum atomic E-state index is 0.487.